The normalized spacial score (nSPS) is 12.6. The van der Waals surface area contributed by atoms with E-state index in [0.717, 1.165) is 17.8 Å². The highest BCUT2D eigenvalue weighted by Crippen LogP contribution is 2.17. The van der Waals surface area contributed by atoms with Crippen LogP contribution in [0.25, 0.3) is 5.69 Å². The predicted octanol–water partition coefficient (Wildman–Crippen LogP) is 3.91. The molecule has 0 radical (unpaired) electrons. The highest BCUT2D eigenvalue weighted by molar-refractivity contribution is 6.20. The third kappa shape index (κ3) is 3.10. The van der Waals surface area contributed by atoms with Crippen molar-refractivity contribution in [1.29, 1.82) is 0 Å². The predicted molar refractivity (Wildman–Crippen MR) is 74.2 cm³/mol. The Balaban J connectivity index is 2.12. The van der Waals surface area contributed by atoms with E-state index in [4.69, 9.17) is 11.6 Å². The van der Waals surface area contributed by atoms with Gasteiger partial charge >= 0.3 is 0 Å². The topological polar surface area (TPSA) is 30.7 Å². The largest absolute Gasteiger partial charge is 0.220 e. The molecule has 0 saturated carbocycles. The standard InChI is InChI=1S/C14H18ClN3/c1-3-4-5-12-6-8-13(9-7-12)18-10-14(11(2)15)16-17-18/h6-11H,3-5H2,1-2H3. The van der Waals surface area contributed by atoms with E-state index >= 15 is 0 Å². The van der Waals surface area contributed by atoms with Crippen molar-refractivity contribution in [2.75, 3.05) is 0 Å². The summed E-state index contributed by atoms with van der Waals surface area (Å²) in [6, 6.07) is 8.44. The van der Waals surface area contributed by atoms with Crippen molar-refractivity contribution in [2.45, 2.75) is 38.5 Å². The summed E-state index contributed by atoms with van der Waals surface area (Å²) in [6.45, 7) is 4.10. The second kappa shape index (κ2) is 6.01. The molecule has 0 aliphatic carbocycles. The molecular weight excluding hydrogens is 246 g/mol. The number of halogens is 1. The summed E-state index contributed by atoms with van der Waals surface area (Å²) in [5.41, 5.74) is 3.18. The molecule has 1 atom stereocenters. The zero-order valence-electron chi connectivity index (χ0n) is 10.8. The van der Waals surface area contributed by atoms with Gasteiger partial charge in [0.15, 0.2) is 0 Å². The lowest BCUT2D eigenvalue weighted by molar-refractivity contribution is 0.786. The molecule has 0 saturated heterocycles. The van der Waals surface area contributed by atoms with Gasteiger partial charge in [0, 0.05) is 0 Å². The molecule has 4 heteroatoms. The lowest BCUT2D eigenvalue weighted by Crippen LogP contribution is -1.95. The van der Waals surface area contributed by atoms with Crippen LogP contribution in [0.4, 0.5) is 0 Å². The fraction of sp³-hybridized carbons (Fsp3) is 0.429. The van der Waals surface area contributed by atoms with E-state index in [1.807, 2.05) is 13.1 Å². The molecule has 18 heavy (non-hydrogen) atoms. The first-order valence-corrected chi connectivity index (χ1v) is 6.80. The summed E-state index contributed by atoms with van der Waals surface area (Å²) >= 11 is 5.97. The van der Waals surface area contributed by atoms with Crippen LogP contribution in [0.3, 0.4) is 0 Å². The van der Waals surface area contributed by atoms with Gasteiger partial charge in [-0.15, -0.1) is 16.7 Å². The van der Waals surface area contributed by atoms with Gasteiger partial charge in [0.2, 0.25) is 0 Å². The minimum absolute atomic E-state index is 0.109. The molecule has 96 valence electrons. The first-order chi connectivity index (χ1) is 8.70. The van der Waals surface area contributed by atoms with Crippen molar-refractivity contribution in [3.63, 3.8) is 0 Å². The zero-order chi connectivity index (χ0) is 13.0. The summed E-state index contributed by atoms with van der Waals surface area (Å²) in [7, 11) is 0. The average Bonchev–Trinajstić information content (AvgIpc) is 2.87. The second-order valence-electron chi connectivity index (χ2n) is 4.47. The van der Waals surface area contributed by atoms with E-state index in [-0.39, 0.29) is 5.38 Å². The summed E-state index contributed by atoms with van der Waals surface area (Å²) in [5.74, 6) is 0. The summed E-state index contributed by atoms with van der Waals surface area (Å²) in [6.07, 6.45) is 5.47. The molecule has 0 aliphatic rings. The van der Waals surface area contributed by atoms with Crippen LogP contribution in [-0.2, 0) is 6.42 Å². The molecule has 2 rings (SSSR count). The Morgan fingerprint density at radius 3 is 2.56 bits per heavy atom. The minimum atomic E-state index is -0.109. The van der Waals surface area contributed by atoms with Gasteiger partial charge in [0.1, 0.15) is 5.69 Å². The Bertz CT molecular complexity index is 488. The van der Waals surface area contributed by atoms with E-state index < -0.39 is 0 Å². The Labute approximate surface area is 113 Å². The third-order valence-electron chi connectivity index (χ3n) is 2.94. The maximum Gasteiger partial charge on any atom is 0.101 e. The zero-order valence-corrected chi connectivity index (χ0v) is 11.6. The molecule has 0 fully saturated rings. The molecule has 3 nitrogen and oxygen atoms in total. The Hall–Kier alpha value is -1.35. The van der Waals surface area contributed by atoms with Crippen LogP contribution in [0.15, 0.2) is 30.5 Å². The first-order valence-electron chi connectivity index (χ1n) is 6.36. The van der Waals surface area contributed by atoms with E-state index in [0.29, 0.717) is 0 Å². The maximum absolute atomic E-state index is 5.97. The number of aromatic nitrogens is 3. The van der Waals surface area contributed by atoms with Crippen LogP contribution >= 0.6 is 11.6 Å². The van der Waals surface area contributed by atoms with Crippen molar-refractivity contribution in [3.05, 3.63) is 41.7 Å². The molecule has 0 aliphatic heterocycles. The quantitative estimate of drug-likeness (QED) is 0.766. The van der Waals surface area contributed by atoms with E-state index in [2.05, 4.69) is 41.5 Å². The number of benzene rings is 1. The second-order valence-corrected chi connectivity index (χ2v) is 5.13. The van der Waals surface area contributed by atoms with Gasteiger partial charge < -0.3 is 0 Å². The molecule has 1 aromatic carbocycles. The number of nitrogens with zero attached hydrogens (tertiary/aromatic N) is 3. The van der Waals surface area contributed by atoms with Gasteiger partial charge in [0.25, 0.3) is 0 Å². The van der Waals surface area contributed by atoms with Gasteiger partial charge in [-0.2, -0.15) is 0 Å². The first kappa shape index (κ1) is 13.1. The number of aryl methyl sites for hydroxylation is 1. The number of hydrogen-bond acceptors (Lipinski definition) is 2. The van der Waals surface area contributed by atoms with Crippen LogP contribution in [-0.4, -0.2) is 15.0 Å². The molecule has 0 amide bonds. The van der Waals surface area contributed by atoms with E-state index in [1.165, 1.54) is 18.4 Å². The van der Waals surface area contributed by atoms with E-state index in [1.54, 1.807) is 4.68 Å². The van der Waals surface area contributed by atoms with E-state index in [9.17, 15) is 0 Å². The lowest BCUT2D eigenvalue weighted by Gasteiger charge is -2.03. The third-order valence-corrected chi connectivity index (χ3v) is 3.16. The highest BCUT2D eigenvalue weighted by Gasteiger charge is 2.07. The molecule has 1 unspecified atom stereocenters. The lowest BCUT2D eigenvalue weighted by atomic mass is 10.1. The smallest absolute Gasteiger partial charge is 0.101 e. The van der Waals surface area contributed by atoms with Crippen LogP contribution in [0.2, 0.25) is 0 Å². The van der Waals surface area contributed by atoms with Gasteiger partial charge in [-0.1, -0.05) is 30.7 Å². The van der Waals surface area contributed by atoms with Gasteiger partial charge in [-0.3, -0.25) is 0 Å². The van der Waals surface area contributed by atoms with Crippen LogP contribution in [0, 0.1) is 0 Å². The maximum atomic E-state index is 5.97. The molecule has 0 N–H and O–H groups in total. The monoisotopic (exact) mass is 263 g/mol. The van der Waals surface area contributed by atoms with Crippen LogP contribution < -0.4 is 0 Å². The van der Waals surface area contributed by atoms with Crippen LogP contribution in [0.5, 0.6) is 0 Å². The molecular formula is C14H18ClN3. The minimum Gasteiger partial charge on any atom is -0.220 e. The Morgan fingerprint density at radius 2 is 2.00 bits per heavy atom. The van der Waals surface area contributed by atoms with Crippen molar-refractivity contribution < 1.29 is 0 Å². The SMILES string of the molecule is CCCCc1ccc(-n2cc(C(C)Cl)nn2)cc1. The van der Waals surface area contributed by atoms with Gasteiger partial charge in [-0.05, 0) is 37.5 Å². The van der Waals surface area contributed by atoms with Crippen molar-refractivity contribution in [2.24, 2.45) is 0 Å². The molecule has 1 heterocycles. The molecule has 1 aromatic heterocycles. The molecule has 2 aromatic rings. The average molecular weight is 264 g/mol. The fourth-order valence-corrected chi connectivity index (χ4v) is 1.88. The molecule has 0 spiro atoms. The Morgan fingerprint density at radius 1 is 1.28 bits per heavy atom. The van der Waals surface area contributed by atoms with Crippen molar-refractivity contribution in [1.82, 2.24) is 15.0 Å². The number of alkyl halides is 1. The number of hydrogen-bond donors (Lipinski definition) is 0. The van der Waals surface area contributed by atoms with Gasteiger partial charge in [0.05, 0.1) is 17.3 Å². The fourth-order valence-electron chi connectivity index (χ4n) is 1.78. The van der Waals surface area contributed by atoms with Crippen molar-refractivity contribution in [3.8, 4) is 5.69 Å². The number of unbranched alkanes of at least 4 members (excludes halogenated alkanes) is 1. The van der Waals surface area contributed by atoms with Crippen LogP contribution in [0.1, 0.15) is 43.3 Å². The number of rotatable bonds is 5. The highest BCUT2D eigenvalue weighted by atomic mass is 35.5. The molecule has 0 bridgehead atoms. The van der Waals surface area contributed by atoms with Gasteiger partial charge in [-0.25, -0.2) is 4.68 Å². The summed E-state index contributed by atoms with van der Waals surface area (Å²) in [5, 5.41) is 8.02. The van der Waals surface area contributed by atoms with Crippen molar-refractivity contribution >= 4 is 11.6 Å². The Kier molecular flexibility index (Phi) is 4.37. The summed E-state index contributed by atoms with van der Waals surface area (Å²) in [4.78, 5) is 0. The summed E-state index contributed by atoms with van der Waals surface area (Å²) < 4.78 is 1.76.